The van der Waals surface area contributed by atoms with Gasteiger partial charge >= 0.3 is 0 Å². The third kappa shape index (κ3) is 2.58. The Morgan fingerprint density at radius 1 is 1.00 bits per heavy atom. The molecule has 144 valence electrons. The minimum absolute atomic E-state index is 0.196. The first kappa shape index (κ1) is 17.6. The summed E-state index contributed by atoms with van der Waals surface area (Å²) in [6, 6.07) is 18.9. The third-order valence-electron chi connectivity index (χ3n) is 5.81. The van der Waals surface area contributed by atoms with Crippen molar-refractivity contribution in [3.63, 3.8) is 0 Å². The van der Waals surface area contributed by atoms with Crippen molar-refractivity contribution in [1.82, 2.24) is 14.3 Å². The number of aryl methyl sites for hydroxylation is 2. The molecule has 1 amide bonds. The second-order valence-corrected chi connectivity index (χ2v) is 7.61. The second kappa shape index (κ2) is 6.29. The third-order valence-corrected chi connectivity index (χ3v) is 5.81. The number of hydrogen-bond acceptors (Lipinski definition) is 3. The van der Waals surface area contributed by atoms with E-state index in [2.05, 4.69) is 4.98 Å². The summed E-state index contributed by atoms with van der Waals surface area (Å²) >= 11 is 0. The second-order valence-electron chi connectivity index (χ2n) is 7.61. The molecule has 29 heavy (non-hydrogen) atoms. The van der Waals surface area contributed by atoms with Crippen molar-refractivity contribution in [1.29, 1.82) is 0 Å². The normalized spacial score (nSPS) is 18.4. The van der Waals surface area contributed by atoms with Crippen molar-refractivity contribution in [2.75, 3.05) is 0 Å². The van der Waals surface area contributed by atoms with Gasteiger partial charge in [-0.2, -0.15) is 0 Å². The Morgan fingerprint density at radius 3 is 2.59 bits per heavy atom. The Labute approximate surface area is 168 Å². The Bertz CT molecular complexity index is 1230. The van der Waals surface area contributed by atoms with Crippen LogP contribution in [0.15, 0.2) is 73.1 Å². The highest BCUT2D eigenvalue weighted by Crippen LogP contribution is 2.43. The summed E-state index contributed by atoms with van der Waals surface area (Å²) < 4.78 is 1.91. The van der Waals surface area contributed by atoms with Gasteiger partial charge in [-0.25, -0.2) is 4.98 Å². The molecule has 0 aliphatic carbocycles. The highest BCUT2D eigenvalue weighted by atomic mass is 16.3. The molecule has 0 saturated carbocycles. The van der Waals surface area contributed by atoms with Crippen LogP contribution in [0.5, 0.6) is 0 Å². The molecular weight excluding hydrogens is 362 g/mol. The van der Waals surface area contributed by atoms with Crippen LogP contribution < -0.4 is 0 Å². The largest absolute Gasteiger partial charge is 0.363 e. The first-order valence-corrected chi connectivity index (χ1v) is 9.62. The number of nitrogens with zero attached hydrogens (tertiary/aromatic N) is 3. The summed E-state index contributed by atoms with van der Waals surface area (Å²) in [5.74, 6) is -0.196. The Hall–Kier alpha value is -3.44. The van der Waals surface area contributed by atoms with Crippen LogP contribution in [0.3, 0.4) is 0 Å². The van der Waals surface area contributed by atoms with Crippen LogP contribution in [0, 0.1) is 13.8 Å². The van der Waals surface area contributed by atoms with Gasteiger partial charge in [0.1, 0.15) is 5.65 Å². The molecule has 3 heterocycles. The number of carbonyl (C=O) groups excluding carboxylic acids is 1. The quantitative estimate of drug-likeness (QED) is 0.585. The summed E-state index contributed by atoms with van der Waals surface area (Å²) in [4.78, 5) is 19.4. The van der Waals surface area contributed by atoms with Gasteiger partial charge < -0.3 is 9.51 Å². The molecule has 5 rings (SSSR count). The highest BCUT2D eigenvalue weighted by Gasteiger charge is 2.49. The summed E-state index contributed by atoms with van der Waals surface area (Å²) in [7, 11) is 0. The number of hydrogen-bond donors (Lipinski definition) is 1. The molecule has 0 bridgehead atoms. The van der Waals surface area contributed by atoms with Crippen molar-refractivity contribution in [2.24, 2.45) is 0 Å². The van der Waals surface area contributed by atoms with E-state index >= 15 is 0 Å². The maximum absolute atomic E-state index is 13.3. The van der Waals surface area contributed by atoms with Crippen molar-refractivity contribution < 1.29 is 9.90 Å². The van der Waals surface area contributed by atoms with E-state index < -0.39 is 5.72 Å². The molecule has 0 radical (unpaired) electrons. The molecule has 0 fully saturated rings. The van der Waals surface area contributed by atoms with E-state index in [9.17, 15) is 9.90 Å². The number of imidazole rings is 1. The monoisotopic (exact) mass is 383 g/mol. The molecule has 1 aliphatic rings. The number of aromatic nitrogens is 2. The van der Waals surface area contributed by atoms with E-state index in [0.717, 1.165) is 22.5 Å². The fourth-order valence-corrected chi connectivity index (χ4v) is 4.09. The van der Waals surface area contributed by atoms with E-state index in [1.807, 2.05) is 85.2 Å². The topological polar surface area (TPSA) is 57.8 Å². The van der Waals surface area contributed by atoms with Crippen LogP contribution in [-0.2, 0) is 12.3 Å². The molecule has 5 nitrogen and oxygen atoms in total. The van der Waals surface area contributed by atoms with Gasteiger partial charge in [0.25, 0.3) is 5.91 Å². The van der Waals surface area contributed by atoms with Crippen molar-refractivity contribution in [3.05, 3.63) is 107 Å². The average Bonchev–Trinajstić information content (AvgIpc) is 3.24. The molecule has 5 heteroatoms. The molecule has 1 atom stereocenters. The fourth-order valence-electron chi connectivity index (χ4n) is 4.09. The van der Waals surface area contributed by atoms with Gasteiger partial charge in [0.05, 0.1) is 12.2 Å². The summed E-state index contributed by atoms with van der Waals surface area (Å²) in [6.45, 7) is 4.25. The lowest BCUT2D eigenvalue weighted by Crippen LogP contribution is -2.44. The molecule has 1 N–H and O–H groups in total. The molecule has 2 aromatic heterocycles. The molecule has 1 unspecified atom stereocenters. The molecule has 4 aromatic rings. The SMILES string of the molecule is Cc1ccc(C2(O)c3ccccc3C(=O)N2Cc2cn3ccccc3n2)cc1C. The maximum atomic E-state index is 13.3. The van der Waals surface area contributed by atoms with Gasteiger partial charge in [-0.1, -0.05) is 42.5 Å². The summed E-state index contributed by atoms with van der Waals surface area (Å²) in [6.07, 6.45) is 3.81. The molecule has 0 saturated heterocycles. The van der Waals surface area contributed by atoms with Crippen molar-refractivity contribution in [3.8, 4) is 0 Å². The van der Waals surface area contributed by atoms with Crippen LogP contribution in [0.2, 0.25) is 0 Å². The van der Waals surface area contributed by atoms with Crippen LogP contribution >= 0.6 is 0 Å². The Kier molecular flexibility index (Phi) is 3.83. The summed E-state index contributed by atoms with van der Waals surface area (Å²) in [5, 5.41) is 12.0. The lowest BCUT2D eigenvalue weighted by molar-refractivity contribution is -0.0547. The Morgan fingerprint density at radius 2 is 1.79 bits per heavy atom. The molecule has 0 spiro atoms. The zero-order valence-corrected chi connectivity index (χ0v) is 16.3. The number of amides is 1. The van der Waals surface area contributed by atoms with E-state index in [-0.39, 0.29) is 12.5 Å². The molecule has 2 aromatic carbocycles. The first-order chi connectivity index (χ1) is 14.0. The lowest BCUT2D eigenvalue weighted by atomic mass is 9.91. The van der Waals surface area contributed by atoms with E-state index in [1.54, 1.807) is 6.07 Å². The standard InChI is InChI=1S/C24H21N3O2/c1-16-10-11-18(13-17(16)2)24(29)21-8-4-3-7-20(21)23(28)27(24)15-19-14-26-12-6-5-9-22(26)25-19/h3-14,29H,15H2,1-2H3. The van der Waals surface area contributed by atoms with Gasteiger partial charge in [0.2, 0.25) is 0 Å². The molecular formula is C24H21N3O2. The first-order valence-electron chi connectivity index (χ1n) is 9.62. The number of benzene rings is 2. The van der Waals surface area contributed by atoms with Crippen LogP contribution in [0.1, 0.15) is 38.3 Å². The summed E-state index contributed by atoms with van der Waals surface area (Å²) in [5.41, 5.74) is 4.02. The number of fused-ring (bicyclic) bond motifs is 2. The number of rotatable bonds is 3. The lowest BCUT2D eigenvalue weighted by Gasteiger charge is -2.34. The maximum Gasteiger partial charge on any atom is 0.257 e. The van der Waals surface area contributed by atoms with Crippen molar-refractivity contribution >= 4 is 11.6 Å². The number of carbonyl (C=O) groups is 1. The minimum Gasteiger partial charge on any atom is -0.363 e. The zero-order valence-electron chi connectivity index (χ0n) is 16.3. The highest BCUT2D eigenvalue weighted by molar-refractivity contribution is 6.00. The van der Waals surface area contributed by atoms with Gasteiger partial charge in [-0.15, -0.1) is 0 Å². The minimum atomic E-state index is -1.54. The van der Waals surface area contributed by atoms with Crippen LogP contribution in [0.25, 0.3) is 5.65 Å². The number of pyridine rings is 1. The van der Waals surface area contributed by atoms with Gasteiger partial charge in [0.15, 0.2) is 5.72 Å². The predicted octanol–water partition coefficient (Wildman–Crippen LogP) is 3.80. The number of aliphatic hydroxyl groups is 1. The van der Waals surface area contributed by atoms with E-state index in [0.29, 0.717) is 16.7 Å². The van der Waals surface area contributed by atoms with Gasteiger partial charge in [-0.05, 0) is 43.2 Å². The molecule has 1 aliphatic heterocycles. The Balaban J connectivity index is 1.65. The van der Waals surface area contributed by atoms with Crippen LogP contribution in [0.4, 0.5) is 0 Å². The zero-order chi connectivity index (χ0) is 20.2. The fraction of sp³-hybridized carbons (Fsp3) is 0.167. The predicted molar refractivity (Wildman–Crippen MR) is 110 cm³/mol. The average molecular weight is 383 g/mol. The van der Waals surface area contributed by atoms with Crippen molar-refractivity contribution in [2.45, 2.75) is 26.1 Å². The van der Waals surface area contributed by atoms with Crippen LogP contribution in [-0.4, -0.2) is 25.3 Å². The van der Waals surface area contributed by atoms with E-state index in [1.165, 1.54) is 4.90 Å². The van der Waals surface area contributed by atoms with Gasteiger partial charge in [0, 0.05) is 29.1 Å². The van der Waals surface area contributed by atoms with E-state index in [4.69, 9.17) is 0 Å². The smallest absolute Gasteiger partial charge is 0.257 e. The van der Waals surface area contributed by atoms with Gasteiger partial charge in [-0.3, -0.25) is 9.69 Å².